The number of hydrogen-bond donors (Lipinski definition) is 0. The van der Waals surface area contributed by atoms with Crippen LogP contribution in [0.4, 0.5) is 0 Å². The fraction of sp³-hybridized carbons (Fsp3) is 0.818. The van der Waals surface area contributed by atoms with Gasteiger partial charge in [-0.1, -0.05) is 90.4 Å². The molecule has 0 aliphatic heterocycles. The van der Waals surface area contributed by atoms with E-state index >= 15 is 0 Å². The first-order valence-electron chi connectivity index (χ1n) is 10.5. The van der Waals surface area contributed by atoms with Crippen LogP contribution in [0.2, 0.25) is 0 Å². The van der Waals surface area contributed by atoms with Gasteiger partial charge in [0, 0.05) is 0 Å². The minimum Gasteiger partial charge on any atom is -0.435 e. The second-order valence-corrected chi connectivity index (χ2v) is 7.13. The average molecular weight is 353 g/mol. The average Bonchev–Trinajstić information content (AvgIpc) is 2.57. The monoisotopic (exact) mass is 352 g/mol. The second-order valence-electron chi connectivity index (χ2n) is 7.13. The molecule has 0 aromatic rings. The van der Waals surface area contributed by atoms with Gasteiger partial charge in [-0.25, -0.2) is 0 Å². The molecule has 0 bridgehead atoms. The summed E-state index contributed by atoms with van der Waals surface area (Å²) in [6.07, 6.45) is 23.1. The van der Waals surface area contributed by atoms with Gasteiger partial charge in [-0.2, -0.15) is 0 Å². The van der Waals surface area contributed by atoms with Gasteiger partial charge in [0.1, 0.15) is 12.2 Å². The first-order chi connectivity index (χ1) is 12.2. The van der Waals surface area contributed by atoms with Crippen molar-refractivity contribution in [2.75, 3.05) is 0 Å². The molecule has 0 fully saturated rings. The lowest BCUT2D eigenvalue weighted by atomic mass is 10.0. The molecular weight excluding hydrogens is 312 g/mol. The highest BCUT2D eigenvalue weighted by molar-refractivity contribution is 5.94. The molecule has 0 atom stereocenters. The van der Waals surface area contributed by atoms with Crippen molar-refractivity contribution in [1.29, 1.82) is 0 Å². The molecule has 0 amide bonds. The van der Waals surface area contributed by atoms with E-state index in [1.54, 1.807) is 0 Å². The first-order valence-corrected chi connectivity index (χ1v) is 10.5. The predicted molar refractivity (Wildman–Crippen MR) is 105 cm³/mol. The van der Waals surface area contributed by atoms with Gasteiger partial charge in [0.2, 0.25) is 0 Å². The van der Waals surface area contributed by atoms with Crippen molar-refractivity contribution in [3.63, 3.8) is 0 Å². The van der Waals surface area contributed by atoms with Crippen molar-refractivity contribution >= 4 is 11.8 Å². The standard InChI is InChI=1S/C22H40O3/c1-3-4-5-6-7-8-9-10-11-12-13-14-15-16-17-18-19-25-22(24)20-21(2)23/h18-19H,3-17,20H2,1-2H3. The number of carbonyl (C=O) groups excluding carboxylic acids is 2. The number of ketones is 1. The van der Waals surface area contributed by atoms with Crippen LogP contribution in [0, 0.1) is 0 Å². The van der Waals surface area contributed by atoms with Gasteiger partial charge in [0.05, 0.1) is 6.26 Å². The second kappa shape index (κ2) is 19.2. The molecule has 3 heteroatoms. The summed E-state index contributed by atoms with van der Waals surface area (Å²) in [5.41, 5.74) is 0. The molecule has 0 saturated heterocycles. The van der Waals surface area contributed by atoms with Crippen LogP contribution in [0.15, 0.2) is 12.3 Å². The van der Waals surface area contributed by atoms with Gasteiger partial charge in [0.15, 0.2) is 0 Å². The van der Waals surface area contributed by atoms with E-state index in [0.29, 0.717) is 0 Å². The summed E-state index contributed by atoms with van der Waals surface area (Å²) >= 11 is 0. The van der Waals surface area contributed by atoms with Gasteiger partial charge >= 0.3 is 5.97 Å². The van der Waals surface area contributed by atoms with E-state index in [9.17, 15) is 9.59 Å². The van der Waals surface area contributed by atoms with Crippen LogP contribution in [-0.4, -0.2) is 11.8 Å². The van der Waals surface area contributed by atoms with Crippen molar-refractivity contribution < 1.29 is 14.3 Å². The Labute approximate surface area is 155 Å². The van der Waals surface area contributed by atoms with Gasteiger partial charge in [-0.3, -0.25) is 9.59 Å². The third kappa shape index (κ3) is 20.8. The highest BCUT2D eigenvalue weighted by atomic mass is 16.5. The lowest BCUT2D eigenvalue weighted by molar-refractivity contribution is -0.140. The molecule has 0 rings (SSSR count). The Balaban J connectivity index is 3.16. The van der Waals surface area contributed by atoms with E-state index < -0.39 is 5.97 Å². The number of esters is 1. The Morgan fingerprint density at radius 2 is 1.16 bits per heavy atom. The molecule has 0 spiro atoms. The largest absolute Gasteiger partial charge is 0.435 e. The Kier molecular flexibility index (Phi) is 18.3. The molecule has 0 unspecified atom stereocenters. The summed E-state index contributed by atoms with van der Waals surface area (Å²) in [6, 6.07) is 0. The minimum absolute atomic E-state index is 0.136. The molecule has 0 N–H and O–H groups in total. The molecule has 0 aliphatic rings. The topological polar surface area (TPSA) is 43.4 Å². The summed E-state index contributed by atoms with van der Waals surface area (Å²) in [4.78, 5) is 21.8. The normalized spacial score (nSPS) is 11.1. The molecule has 0 saturated carbocycles. The molecule has 0 aromatic heterocycles. The van der Waals surface area contributed by atoms with Crippen LogP contribution in [0.25, 0.3) is 0 Å². The molecule has 146 valence electrons. The highest BCUT2D eigenvalue weighted by Crippen LogP contribution is 2.13. The summed E-state index contributed by atoms with van der Waals surface area (Å²) in [6.45, 7) is 3.66. The Bertz CT molecular complexity index is 347. The van der Waals surface area contributed by atoms with Crippen LogP contribution >= 0.6 is 0 Å². The zero-order valence-corrected chi connectivity index (χ0v) is 16.7. The third-order valence-electron chi connectivity index (χ3n) is 4.41. The molecule has 0 aliphatic carbocycles. The van der Waals surface area contributed by atoms with E-state index in [-0.39, 0.29) is 12.2 Å². The van der Waals surface area contributed by atoms with Gasteiger partial charge in [-0.15, -0.1) is 0 Å². The number of carbonyl (C=O) groups is 2. The zero-order chi connectivity index (χ0) is 18.6. The highest BCUT2D eigenvalue weighted by Gasteiger charge is 2.03. The zero-order valence-electron chi connectivity index (χ0n) is 16.7. The van der Waals surface area contributed by atoms with Crippen molar-refractivity contribution in [2.24, 2.45) is 0 Å². The minimum atomic E-state index is -0.468. The first kappa shape index (κ1) is 23.9. The van der Waals surface area contributed by atoms with E-state index in [1.807, 2.05) is 6.08 Å². The van der Waals surface area contributed by atoms with Gasteiger partial charge < -0.3 is 4.74 Å². The summed E-state index contributed by atoms with van der Waals surface area (Å²) in [5.74, 6) is -0.630. The van der Waals surface area contributed by atoms with Crippen molar-refractivity contribution in [3.05, 3.63) is 12.3 Å². The summed E-state index contributed by atoms with van der Waals surface area (Å²) < 4.78 is 4.83. The van der Waals surface area contributed by atoms with Crippen molar-refractivity contribution in [2.45, 2.75) is 117 Å². The number of unbranched alkanes of at least 4 members (excludes halogenated alkanes) is 14. The van der Waals surface area contributed by atoms with Crippen molar-refractivity contribution in [3.8, 4) is 0 Å². The predicted octanol–water partition coefficient (Wildman–Crippen LogP) is 6.89. The fourth-order valence-corrected chi connectivity index (χ4v) is 2.89. The van der Waals surface area contributed by atoms with E-state index in [1.165, 1.54) is 96.7 Å². The lowest BCUT2D eigenvalue weighted by Crippen LogP contribution is -2.04. The Morgan fingerprint density at radius 3 is 1.60 bits per heavy atom. The third-order valence-corrected chi connectivity index (χ3v) is 4.41. The van der Waals surface area contributed by atoms with Crippen LogP contribution in [0.1, 0.15) is 117 Å². The molecule has 25 heavy (non-hydrogen) atoms. The SMILES string of the molecule is CCCCCCCCCCCCCCCCC=COC(=O)CC(C)=O. The van der Waals surface area contributed by atoms with Crippen LogP contribution in [0.5, 0.6) is 0 Å². The summed E-state index contributed by atoms with van der Waals surface area (Å²) in [5, 5.41) is 0. The van der Waals surface area contributed by atoms with Crippen LogP contribution < -0.4 is 0 Å². The number of ether oxygens (including phenoxy) is 1. The van der Waals surface area contributed by atoms with Crippen LogP contribution in [-0.2, 0) is 14.3 Å². The molecule has 3 nitrogen and oxygen atoms in total. The van der Waals surface area contributed by atoms with E-state index in [4.69, 9.17) is 4.74 Å². The van der Waals surface area contributed by atoms with Crippen molar-refractivity contribution in [1.82, 2.24) is 0 Å². The number of Topliss-reactive ketones (excluding diaryl/α,β-unsaturated/α-hetero) is 1. The van der Waals surface area contributed by atoms with E-state index in [0.717, 1.165) is 12.8 Å². The maximum absolute atomic E-state index is 11.1. The molecule has 0 heterocycles. The Morgan fingerprint density at radius 1 is 0.720 bits per heavy atom. The lowest BCUT2D eigenvalue weighted by Gasteiger charge is -2.02. The number of hydrogen-bond acceptors (Lipinski definition) is 3. The Hall–Kier alpha value is -1.12. The quantitative estimate of drug-likeness (QED) is 0.117. The molecular formula is C22H40O3. The smallest absolute Gasteiger partial charge is 0.318 e. The van der Waals surface area contributed by atoms with Gasteiger partial charge in [0.25, 0.3) is 0 Å². The maximum Gasteiger partial charge on any atom is 0.318 e. The maximum atomic E-state index is 11.1. The summed E-state index contributed by atoms with van der Waals surface area (Å²) in [7, 11) is 0. The van der Waals surface area contributed by atoms with Gasteiger partial charge in [-0.05, 0) is 25.8 Å². The number of rotatable bonds is 18. The fourth-order valence-electron chi connectivity index (χ4n) is 2.89. The van der Waals surface area contributed by atoms with E-state index in [2.05, 4.69) is 6.92 Å². The molecule has 0 aromatic carbocycles. The molecule has 0 radical (unpaired) electrons. The van der Waals surface area contributed by atoms with Crippen LogP contribution in [0.3, 0.4) is 0 Å². The number of allylic oxidation sites excluding steroid dienone is 1.